The van der Waals surface area contributed by atoms with E-state index in [-0.39, 0.29) is 5.91 Å². The lowest BCUT2D eigenvalue weighted by atomic mass is 10.1. The van der Waals surface area contributed by atoms with Crippen LogP contribution in [0.4, 0.5) is 5.69 Å². The van der Waals surface area contributed by atoms with Crippen molar-refractivity contribution in [3.8, 4) is 0 Å². The van der Waals surface area contributed by atoms with Gasteiger partial charge >= 0.3 is 0 Å². The summed E-state index contributed by atoms with van der Waals surface area (Å²) in [7, 11) is 0. The van der Waals surface area contributed by atoms with E-state index in [1.807, 2.05) is 44.2 Å². The van der Waals surface area contributed by atoms with Crippen molar-refractivity contribution in [2.45, 2.75) is 24.6 Å². The molecule has 0 saturated carbocycles. The van der Waals surface area contributed by atoms with Crippen LogP contribution >= 0.6 is 15.9 Å². The molecule has 0 aromatic heterocycles. The number of carbonyl (C=O) groups excluding carboxylic acids is 1. The second-order valence-electron chi connectivity index (χ2n) is 3.37. The molecule has 2 nitrogen and oxygen atoms in total. The fourth-order valence-electron chi connectivity index (χ4n) is 0.943. The molecule has 3 heteroatoms. The highest BCUT2D eigenvalue weighted by molar-refractivity contribution is 9.10. The van der Waals surface area contributed by atoms with Gasteiger partial charge in [0.1, 0.15) is 4.32 Å². The maximum absolute atomic E-state index is 11.7. The topological polar surface area (TPSA) is 29.1 Å². The van der Waals surface area contributed by atoms with E-state index in [1.165, 1.54) is 0 Å². The van der Waals surface area contributed by atoms with Gasteiger partial charge in [-0.05, 0) is 25.5 Å². The van der Waals surface area contributed by atoms with Gasteiger partial charge in [0.2, 0.25) is 5.91 Å². The quantitative estimate of drug-likeness (QED) is 0.827. The van der Waals surface area contributed by atoms with Gasteiger partial charge in [0.15, 0.2) is 0 Å². The number of alkyl halides is 1. The summed E-state index contributed by atoms with van der Waals surface area (Å²) >= 11 is 3.39. The molecule has 1 atom stereocenters. The Kier molecular flexibility index (Phi) is 3.69. The maximum atomic E-state index is 11.7. The first kappa shape index (κ1) is 11.2. The SMILES string of the molecule is CCC(C)(Br)C(=O)Nc1ccccc1. The molecule has 1 N–H and O–H groups in total. The van der Waals surface area contributed by atoms with Crippen LogP contribution in [-0.4, -0.2) is 10.2 Å². The third-order valence-corrected chi connectivity index (χ3v) is 3.09. The minimum absolute atomic E-state index is 0.00815. The number of rotatable bonds is 3. The Hall–Kier alpha value is -0.830. The molecule has 0 heterocycles. The largest absolute Gasteiger partial charge is 0.325 e. The summed E-state index contributed by atoms with van der Waals surface area (Å²) in [5, 5.41) is 2.85. The van der Waals surface area contributed by atoms with Crippen LogP contribution in [-0.2, 0) is 4.79 Å². The molecule has 0 bridgehead atoms. The van der Waals surface area contributed by atoms with E-state index in [2.05, 4.69) is 21.2 Å². The van der Waals surface area contributed by atoms with Crippen molar-refractivity contribution in [3.05, 3.63) is 30.3 Å². The van der Waals surface area contributed by atoms with Gasteiger partial charge in [-0.15, -0.1) is 0 Å². The first-order valence-electron chi connectivity index (χ1n) is 4.61. The highest BCUT2D eigenvalue weighted by Gasteiger charge is 2.27. The number of anilines is 1. The Labute approximate surface area is 92.8 Å². The van der Waals surface area contributed by atoms with Gasteiger partial charge in [-0.2, -0.15) is 0 Å². The Balaban J connectivity index is 2.67. The summed E-state index contributed by atoms with van der Waals surface area (Å²) < 4.78 is -0.483. The van der Waals surface area contributed by atoms with E-state index >= 15 is 0 Å². The second kappa shape index (κ2) is 4.60. The Morgan fingerprint density at radius 2 is 2.00 bits per heavy atom. The van der Waals surface area contributed by atoms with Crippen molar-refractivity contribution in [1.82, 2.24) is 0 Å². The van der Waals surface area contributed by atoms with Crippen molar-refractivity contribution >= 4 is 27.5 Å². The lowest BCUT2D eigenvalue weighted by Gasteiger charge is -2.19. The number of hydrogen-bond acceptors (Lipinski definition) is 1. The zero-order valence-electron chi connectivity index (χ0n) is 8.38. The highest BCUT2D eigenvalue weighted by Crippen LogP contribution is 2.23. The van der Waals surface area contributed by atoms with Gasteiger partial charge < -0.3 is 5.32 Å². The average molecular weight is 256 g/mol. The van der Waals surface area contributed by atoms with E-state index in [4.69, 9.17) is 0 Å². The van der Waals surface area contributed by atoms with Crippen molar-refractivity contribution in [2.24, 2.45) is 0 Å². The number of para-hydroxylation sites is 1. The smallest absolute Gasteiger partial charge is 0.240 e. The summed E-state index contributed by atoms with van der Waals surface area (Å²) in [5.41, 5.74) is 0.830. The minimum atomic E-state index is -0.483. The molecule has 1 aromatic rings. The summed E-state index contributed by atoms with van der Waals surface area (Å²) in [4.78, 5) is 11.7. The van der Waals surface area contributed by atoms with Crippen LogP contribution in [0.5, 0.6) is 0 Å². The molecule has 76 valence electrons. The lowest BCUT2D eigenvalue weighted by Crippen LogP contribution is -2.33. The zero-order chi connectivity index (χ0) is 10.6. The van der Waals surface area contributed by atoms with Gasteiger partial charge in [0.05, 0.1) is 0 Å². The molecule has 1 unspecified atom stereocenters. The number of halogens is 1. The van der Waals surface area contributed by atoms with Crippen molar-refractivity contribution in [3.63, 3.8) is 0 Å². The molecule has 0 aliphatic carbocycles. The first-order valence-corrected chi connectivity index (χ1v) is 5.41. The fraction of sp³-hybridized carbons (Fsp3) is 0.364. The number of nitrogens with one attached hydrogen (secondary N) is 1. The van der Waals surface area contributed by atoms with Crippen LogP contribution in [0.2, 0.25) is 0 Å². The number of carbonyl (C=O) groups is 1. The standard InChI is InChI=1S/C11H14BrNO/c1-3-11(2,12)10(14)13-9-7-5-4-6-8-9/h4-8H,3H2,1-2H3,(H,13,14). The highest BCUT2D eigenvalue weighted by atomic mass is 79.9. The van der Waals surface area contributed by atoms with Crippen LogP contribution in [0.3, 0.4) is 0 Å². The molecular formula is C11H14BrNO. The normalized spacial score (nSPS) is 14.5. The van der Waals surface area contributed by atoms with Crippen molar-refractivity contribution < 1.29 is 4.79 Å². The van der Waals surface area contributed by atoms with E-state index in [0.717, 1.165) is 12.1 Å². The van der Waals surface area contributed by atoms with Crippen LogP contribution in [0.15, 0.2) is 30.3 Å². The Morgan fingerprint density at radius 3 is 2.50 bits per heavy atom. The Bertz CT molecular complexity index is 308. The molecular weight excluding hydrogens is 242 g/mol. The Morgan fingerprint density at radius 1 is 1.43 bits per heavy atom. The van der Waals surface area contributed by atoms with E-state index in [0.29, 0.717) is 0 Å². The van der Waals surface area contributed by atoms with Crippen LogP contribution in [0.1, 0.15) is 20.3 Å². The van der Waals surface area contributed by atoms with Gasteiger partial charge in [-0.1, -0.05) is 41.1 Å². The molecule has 0 aliphatic rings. The minimum Gasteiger partial charge on any atom is -0.325 e. The second-order valence-corrected chi connectivity index (χ2v) is 5.12. The molecule has 0 saturated heterocycles. The molecule has 14 heavy (non-hydrogen) atoms. The average Bonchev–Trinajstić information content (AvgIpc) is 2.19. The third-order valence-electron chi connectivity index (χ3n) is 2.17. The number of benzene rings is 1. The van der Waals surface area contributed by atoms with Gasteiger partial charge in [0, 0.05) is 5.69 Å². The molecule has 1 aromatic carbocycles. The van der Waals surface area contributed by atoms with E-state index in [1.54, 1.807) is 0 Å². The lowest BCUT2D eigenvalue weighted by molar-refractivity contribution is -0.117. The van der Waals surface area contributed by atoms with Crippen LogP contribution < -0.4 is 5.32 Å². The number of hydrogen-bond donors (Lipinski definition) is 1. The molecule has 0 fully saturated rings. The van der Waals surface area contributed by atoms with E-state index in [9.17, 15) is 4.79 Å². The molecule has 0 aliphatic heterocycles. The zero-order valence-corrected chi connectivity index (χ0v) is 9.97. The van der Waals surface area contributed by atoms with Crippen LogP contribution in [0.25, 0.3) is 0 Å². The summed E-state index contributed by atoms with van der Waals surface area (Å²) in [5.74, 6) is -0.00815. The van der Waals surface area contributed by atoms with Crippen molar-refractivity contribution in [1.29, 1.82) is 0 Å². The molecule has 0 spiro atoms. The van der Waals surface area contributed by atoms with Gasteiger partial charge in [0.25, 0.3) is 0 Å². The monoisotopic (exact) mass is 255 g/mol. The molecule has 0 radical (unpaired) electrons. The summed E-state index contributed by atoms with van der Waals surface area (Å²) in [6, 6.07) is 9.45. The predicted molar refractivity (Wildman–Crippen MR) is 62.7 cm³/mol. The maximum Gasteiger partial charge on any atom is 0.240 e. The van der Waals surface area contributed by atoms with Crippen LogP contribution in [0, 0.1) is 0 Å². The van der Waals surface area contributed by atoms with E-state index < -0.39 is 4.32 Å². The summed E-state index contributed by atoms with van der Waals surface area (Å²) in [6.45, 7) is 3.84. The number of amides is 1. The first-order chi connectivity index (χ1) is 6.56. The summed E-state index contributed by atoms with van der Waals surface area (Å²) in [6.07, 6.45) is 0.756. The van der Waals surface area contributed by atoms with Crippen molar-refractivity contribution in [2.75, 3.05) is 5.32 Å². The third kappa shape index (κ3) is 2.84. The van der Waals surface area contributed by atoms with Gasteiger partial charge in [-0.25, -0.2) is 0 Å². The fourth-order valence-corrected chi connectivity index (χ4v) is 1.04. The van der Waals surface area contributed by atoms with Gasteiger partial charge in [-0.3, -0.25) is 4.79 Å². The predicted octanol–water partition coefficient (Wildman–Crippen LogP) is 3.19. The molecule has 1 rings (SSSR count). The molecule has 1 amide bonds.